The number of nitrogens with one attached hydrogen (secondary N) is 1. The summed E-state index contributed by atoms with van der Waals surface area (Å²) < 4.78 is 3.10. The van der Waals surface area contributed by atoms with Crippen molar-refractivity contribution in [1.82, 2.24) is 29.5 Å². The van der Waals surface area contributed by atoms with Crippen molar-refractivity contribution in [3.05, 3.63) is 34.6 Å². The summed E-state index contributed by atoms with van der Waals surface area (Å²) in [6.07, 6.45) is 4.61. The van der Waals surface area contributed by atoms with E-state index in [1.165, 1.54) is 4.68 Å². The Kier molecular flexibility index (Phi) is 4.06. The summed E-state index contributed by atoms with van der Waals surface area (Å²) in [4.78, 5) is 23.0. The molecule has 9 heteroatoms. The fourth-order valence-corrected chi connectivity index (χ4v) is 3.37. The van der Waals surface area contributed by atoms with Crippen molar-refractivity contribution in [2.75, 3.05) is 29.9 Å². The Labute approximate surface area is 150 Å². The molecule has 0 amide bonds. The molecular weight excluding hydrogens is 332 g/mol. The number of aromatic nitrogens is 6. The van der Waals surface area contributed by atoms with Crippen LogP contribution in [0.5, 0.6) is 0 Å². The molecule has 1 fully saturated rings. The highest BCUT2D eigenvalue weighted by Crippen LogP contribution is 2.24. The SMILES string of the molecule is Cc1nc(NC[C@@H]2CCN(c3cnn(C)c(=O)c3)C2)c2cnn(C)c2n1. The van der Waals surface area contributed by atoms with E-state index in [0.29, 0.717) is 5.92 Å². The van der Waals surface area contributed by atoms with Crippen LogP contribution in [0.4, 0.5) is 11.5 Å². The molecule has 1 saturated heterocycles. The first-order valence-corrected chi connectivity index (χ1v) is 8.70. The lowest BCUT2D eigenvalue weighted by atomic mass is 10.1. The van der Waals surface area contributed by atoms with Crippen LogP contribution in [0.15, 0.2) is 23.3 Å². The molecule has 0 aliphatic carbocycles. The first-order valence-electron chi connectivity index (χ1n) is 8.70. The summed E-state index contributed by atoms with van der Waals surface area (Å²) in [5.41, 5.74) is 1.64. The minimum atomic E-state index is -0.0838. The number of hydrogen-bond acceptors (Lipinski definition) is 7. The third-order valence-electron chi connectivity index (χ3n) is 4.87. The van der Waals surface area contributed by atoms with Crippen LogP contribution in [0.2, 0.25) is 0 Å². The smallest absolute Gasteiger partial charge is 0.268 e. The molecule has 0 aromatic carbocycles. The maximum absolute atomic E-state index is 11.8. The Hall–Kier alpha value is -2.97. The Balaban J connectivity index is 1.45. The molecule has 9 nitrogen and oxygen atoms in total. The van der Waals surface area contributed by atoms with Gasteiger partial charge in [0.05, 0.1) is 23.5 Å². The van der Waals surface area contributed by atoms with Gasteiger partial charge < -0.3 is 10.2 Å². The lowest BCUT2D eigenvalue weighted by molar-refractivity contribution is 0.621. The quantitative estimate of drug-likeness (QED) is 0.737. The third-order valence-corrected chi connectivity index (χ3v) is 4.87. The van der Waals surface area contributed by atoms with E-state index in [-0.39, 0.29) is 5.56 Å². The average Bonchev–Trinajstić information content (AvgIpc) is 3.23. The zero-order valence-corrected chi connectivity index (χ0v) is 15.2. The summed E-state index contributed by atoms with van der Waals surface area (Å²) >= 11 is 0. The molecule has 0 bridgehead atoms. The zero-order valence-electron chi connectivity index (χ0n) is 15.2. The average molecular weight is 354 g/mol. The molecule has 1 atom stereocenters. The number of nitrogens with zero attached hydrogens (tertiary/aromatic N) is 7. The lowest BCUT2D eigenvalue weighted by Crippen LogP contribution is -2.26. The topological polar surface area (TPSA) is 93.8 Å². The number of anilines is 2. The van der Waals surface area contributed by atoms with Gasteiger partial charge in [-0.3, -0.25) is 9.48 Å². The van der Waals surface area contributed by atoms with Crippen LogP contribution in [0, 0.1) is 12.8 Å². The van der Waals surface area contributed by atoms with Gasteiger partial charge in [-0.25, -0.2) is 14.6 Å². The zero-order chi connectivity index (χ0) is 18.3. The molecule has 1 aliphatic rings. The van der Waals surface area contributed by atoms with Crippen molar-refractivity contribution >= 4 is 22.5 Å². The van der Waals surface area contributed by atoms with Crippen LogP contribution in [0.3, 0.4) is 0 Å². The first kappa shape index (κ1) is 16.5. The normalized spacial score (nSPS) is 17.2. The predicted octanol–water partition coefficient (Wildman–Crippen LogP) is 0.704. The lowest BCUT2D eigenvalue weighted by Gasteiger charge is -2.18. The van der Waals surface area contributed by atoms with Crippen molar-refractivity contribution in [3.8, 4) is 0 Å². The summed E-state index contributed by atoms with van der Waals surface area (Å²) in [6, 6.07) is 1.65. The second-order valence-corrected chi connectivity index (χ2v) is 6.78. The van der Waals surface area contributed by atoms with Gasteiger partial charge in [0.2, 0.25) is 0 Å². The Bertz CT molecular complexity index is 1010. The van der Waals surface area contributed by atoms with Gasteiger partial charge in [-0.2, -0.15) is 10.2 Å². The summed E-state index contributed by atoms with van der Waals surface area (Å²) in [6.45, 7) is 4.52. The Morgan fingerprint density at radius 1 is 1.19 bits per heavy atom. The molecule has 26 heavy (non-hydrogen) atoms. The van der Waals surface area contributed by atoms with Crippen LogP contribution in [0.1, 0.15) is 12.2 Å². The first-order chi connectivity index (χ1) is 12.5. The van der Waals surface area contributed by atoms with Crippen LogP contribution >= 0.6 is 0 Å². The number of fused-ring (bicyclic) bond motifs is 1. The monoisotopic (exact) mass is 354 g/mol. The van der Waals surface area contributed by atoms with Crippen LogP contribution in [0.25, 0.3) is 11.0 Å². The summed E-state index contributed by atoms with van der Waals surface area (Å²) in [5, 5.41) is 12.8. The van der Waals surface area contributed by atoms with Crippen molar-refractivity contribution in [1.29, 1.82) is 0 Å². The van der Waals surface area contributed by atoms with Crippen molar-refractivity contribution < 1.29 is 0 Å². The van der Waals surface area contributed by atoms with E-state index in [1.54, 1.807) is 30.2 Å². The van der Waals surface area contributed by atoms with E-state index in [1.807, 2.05) is 14.0 Å². The molecule has 1 N–H and O–H groups in total. The molecule has 4 heterocycles. The third kappa shape index (κ3) is 3.00. The highest BCUT2D eigenvalue weighted by atomic mass is 16.1. The van der Waals surface area contributed by atoms with Gasteiger partial charge >= 0.3 is 0 Å². The molecule has 4 rings (SSSR count). The van der Waals surface area contributed by atoms with Crippen molar-refractivity contribution in [2.45, 2.75) is 13.3 Å². The van der Waals surface area contributed by atoms with E-state index < -0.39 is 0 Å². The largest absolute Gasteiger partial charge is 0.370 e. The van der Waals surface area contributed by atoms with E-state index in [2.05, 4.69) is 30.4 Å². The van der Waals surface area contributed by atoms with Crippen LogP contribution in [-0.2, 0) is 14.1 Å². The minimum absolute atomic E-state index is 0.0838. The number of rotatable bonds is 4. The van der Waals surface area contributed by atoms with E-state index in [9.17, 15) is 4.79 Å². The van der Waals surface area contributed by atoms with Crippen LogP contribution < -0.4 is 15.8 Å². The van der Waals surface area contributed by atoms with Gasteiger partial charge in [0, 0.05) is 39.8 Å². The molecule has 3 aromatic heterocycles. The molecule has 0 unspecified atom stereocenters. The van der Waals surface area contributed by atoms with Crippen molar-refractivity contribution in [3.63, 3.8) is 0 Å². The Morgan fingerprint density at radius 2 is 2.00 bits per heavy atom. The maximum atomic E-state index is 11.8. The van der Waals surface area contributed by atoms with E-state index >= 15 is 0 Å². The molecule has 0 saturated carbocycles. The molecule has 0 radical (unpaired) electrons. The molecule has 136 valence electrons. The molecular formula is C17H22N8O. The second kappa shape index (κ2) is 6.40. The van der Waals surface area contributed by atoms with E-state index in [4.69, 9.17) is 0 Å². The summed E-state index contributed by atoms with van der Waals surface area (Å²) in [5.74, 6) is 2.03. The molecule has 1 aliphatic heterocycles. The fraction of sp³-hybridized carbons (Fsp3) is 0.471. The van der Waals surface area contributed by atoms with Gasteiger partial charge in [-0.15, -0.1) is 0 Å². The molecule has 3 aromatic rings. The minimum Gasteiger partial charge on any atom is -0.370 e. The fourth-order valence-electron chi connectivity index (χ4n) is 3.37. The summed E-state index contributed by atoms with van der Waals surface area (Å²) in [7, 11) is 3.54. The molecule has 0 spiro atoms. The standard InChI is InChI=1S/C17H22N8O/c1-11-21-16(14-9-20-24(3)17(14)22-11)18-7-12-4-5-25(10-12)13-6-15(26)23(2)19-8-13/h6,8-9,12H,4-5,7,10H2,1-3H3,(H,18,21,22)/t12-/m0/s1. The predicted molar refractivity (Wildman–Crippen MR) is 99.3 cm³/mol. The highest BCUT2D eigenvalue weighted by molar-refractivity contribution is 5.86. The van der Waals surface area contributed by atoms with Crippen molar-refractivity contribution in [2.24, 2.45) is 20.0 Å². The van der Waals surface area contributed by atoms with Gasteiger partial charge in [-0.05, 0) is 19.3 Å². The second-order valence-electron chi connectivity index (χ2n) is 6.78. The van der Waals surface area contributed by atoms with E-state index in [0.717, 1.165) is 54.4 Å². The van der Waals surface area contributed by atoms with Gasteiger partial charge in [0.15, 0.2) is 5.65 Å². The Morgan fingerprint density at radius 3 is 2.81 bits per heavy atom. The number of aryl methyl sites for hydroxylation is 3. The van der Waals surface area contributed by atoms with Gasteiger partial charge in [0.25, 0.3) is 5.56 Å². The van der Waals surface area contributed by atoms with Crippen LogP contribution in [-0.4, -0.2) is 49.2 Å². The van der Waals surface area contributed by atoms with Gasteiger partial charge in [0.1, 0.15) is 11.6 Å². The number of hydrogen-bond donors (Lipinski definition) is 1. The van der Waals surface area contributed by atoms with Gasteiger partial charge in [-0.1, -0.05) is 0 Å². The highest BCUT2D eigenvalue weighted by Gasteiger charge is 2.23. The maximum Gasteiger partial charge on any atom is 0.268 e.